The summed E-state index contributed by atoms with van der Waals surface area (Å²) >= 11 is 0. The van der Waals surface area contributed by atoms with Crippen molar-refractivity contribution >= 4 is 13.5 Å². The molecule has 0 aromatic rings. The number of rotatable bonds is 3. The van der Waals surface area contributed by atoms with Gasteiger partial charge in [-0.05, 0) is 0 Å². The van der Waals surface area contributed by atoms with Gasteiger partial charge in [0.05, 0.1) is 0 Å². The van der Waals surface area contributed by atoms with Gasteiger partial charge in [0.2, 0.25) is 0 Å². The molecule has 1 unspecified atom stereocenters. The van der Waals surface area contributed by atoms with Crippen LogP contribution >= 0.6 is 0 Å². The van der Waals surface area contributed by atoms with E-state index in [-0.39, 0.29) is 6.04 Å². The molecule has 39 valence electrons. The van der Waals surface area contributed by atoms with Crippen LogP contribution in [0.1, 0.15) is 19.8 Å². The quantitative estimate of drug-likeness (QED) is 0.495. The van der Waals surface area contributed by atoms with E-state index in [0.717, 1.165) is 12.8 Å². The Balaban J connectivity index is 2.98. The van der Waals surface area contributed by atoms with Crippen LogP contribution in [0, 0.1) is 0 Å². The van der Waals surface area contributed by atoms with E-state index in [9.17, 15) is 0 Å². The minimum atomic E-state index is 0.102. The van der Waals surface area contributed by atoms with Gasteiger partial charge in [-0.15, -0.1) is 0 Å². The third kappa shape index (κ3) is 3.73. The van der Waals surface area contributed by atoms with Crippen LogP contribution in [0.3, 0.4) is 0 Å². The van der Waals surface area contributed by atoms with Crippen LogP contribution in [0.5, 0.6) is 0 Å². The average Bonchev–Trinajstić information content (AvgIpc) is 1.68. The van der Waals surface area contributed by atoms with Gasteiger partial charge in [0.15, 0.2) is 0 Å². The molecule has 0 fully saturated rings. The van der Waals surface area contributed by atoms with Gasteiger partial charge in [0.1, 0.15) is 0 Å². The van der Waals surface area contributed by atoms with Gasteiger partial charge in [0.25, 0.3) is 0 Å². The second-order valence-corrected chi connectivity index (χ2v) is 1.64. The monoisotopic (exact) mass is 96.1 g/mol. The van der Waals surface area contributed by atoms with E-state index >= 15 is 0 Å². The van der Waals surface area contributed by atoms with Crippen LogP contribution in [0.15, 0.2) is 0 Å². The molecule has 0 bridgehead atoms. The number of nitrogens with two attached hydrogens (primary N) is 1. The van der Waals surface area contributed by atoms with E-state index in [1.54, 1.807) is 0 Å². The van der Waals surface area contributed by atoms with Crippen molar-refractivity contribution in [2.45, 2.75) is 25.8 Å². The predicted molar refractivity (Wildman–Crippen MR) is 34.7 cm³/mol. The predicted octanol–water partition coefficient (Wildman–Crippen LogP) is 0.0845. The van der Waals surface area contributed by atoms with Crippen LogP contribution in [0.25, 0.3) is 0 Å². The van der Waals surface area contributed by atoms with Crippen molar-refractivity contribution in [3.63, 3.8) is 0 Å². The van der Waals surface area contributed by atoms with Crippen molar-refractivity contribution in [1.82, 2.24) is 0 Å². The van der Waals surface area contributed by atoms with Crippen LogP contribution in [0.4, 0.5) is 0 Å². The van der Waals surface area contributed by atoms with E-state index in [2.05, 4.69) is 6.92 Å². The molecule has 0 aromatic carbocycles. The summed E-state index contributed by atoms with van der Waals surface area (Å²) < 4.78 is 0. The maximum atomic E-state index is 5.40. The molecule has 0 saturated heterocycles. The average molecular weight is 96.0 g/mol. The van der Waals surface area contributed by atoms with Gasteiger partial charge in [-0.2, -0.15) is 0 Å². The van der Waals surface area contributed by atoms with Crippen molar-refractivity contribution in [2.75, 3.05) is 0 Å². The molecular weight excluding hydrogens is 84.9 g/mol. The van der Waals surface area contributed by atoms with Crippen molar-refractivity contribution < 1.29 is 0 Å². The summed E-state index contributed by atoms with van der Waals surface area (Å²) in [7, 11) is 5.11. The molecule has 0 amide bonds. The number of hydrogen-bond donors (Lipinski definition) is 1. The molecule has 0 aromatic heterocycles. The first-order valence-corrected chi connectivity index (χ1v) is 2.62. The van der Waals surface area contributed by atoms with E-state index in [1.807, 2.05) is 0 Å². The minimum absolute atomic E-state index is 0.102. The topological polar surface area (TPSA) is 26.0 Å². The van der Waals surface area contributed by atoms with Gasteiger partial charge in [-0.3, -0.25) is 0 Å². The second-order valence-electron chi connectivity index (χ2n) is 1.64. The summed E-state index contributed by atoms with van der Waals surface area (Å²) in [6.07, 6.45) is 2.10. The van der Waals surface area contributed by atoms with E-state index in [1.165, 1.54) is 5.97 Å². The Bertz CT molecular complexity index is 54.0. The normalized spacial score (nSPS) is 13.3. The zero-order valence-corrected chi connectivity index (χ0v) is 4.72. The molecule has 0 spiro atoms. The summed E-state index contributed by atoms with van der Waals surface area (Å²) in [6, 6.07) is 0.102. The second kappa shape index (κ2) is 4.06. The zero-order chi connectivity index (χ0) is 5.70. The SMILES string of the molecule is [B]=CC(N)CCC. The fraction of sp³-hybridized carbons (Fsp3) is 0.800. The Morgan fingerprint density at radius 1 is 1.86 bits per heavy atom. The molecule has 2 N–H and O–H groups in total. The molecule has 0 aliphatic rings. The van der Waals surface area contributed by atoms with Crippen molar-refractivity contribution in [3.05, 3.63) is 0 Å². The standard InChI is InChI=1S/C5H11BN/c1-2-3-5(7)4-6/h4-5H,2-3,7H2,1H3. The summed E-state index contributed by atoms with van der Waals surface area (Å²) in [6.45, 7) is 2.09. The Hall–Kier alpha value is -0.105. The van der Waals surface area contributed by atoms with Crippen LogP contribution < -0.4 is 5.73 Å². The van der Waals surface area contributed by atoms with E-state index in [0.29, 0.717) is 0 Å². The molecule has 1 nitrogen and oxygen atoms in total. The molecule has 0 saturated carbocycles. The van der Waals surface area contributed by atoms with Crippen molar-refractivity contribution in [1.29, 1.82) is 0 Å². The summed E-state index contributed by atoms with van der Waals surface area (Å²) in [5.41, 5.74) is 5.40. The first-order valence-electron chi connectivity index (χ1n) is 2.62. The van der Waals surface area contributed by atoms with Gasteiger partial charge in [-0.25, -0.2) is 0 Å². The maximum absolute atomic E-state index is 5.40. The first kappa shape index (κ1) is 6.89. The Kier molecular flexibility index (Phi) is 4.00. The molecule has 2 heteroatoms. The fourth-order valence-electron chi connectivity index (χ4n) is 0.430. The van der Waals surface area contributed by atoms with Crippen molar-refractivity contribution in [2.24, 2.45) is 5.73 Å². The van der Waals surface area contributed by atoms with Gasteiger partial charge < -0.3 is 0 Å². The van der Waals surface area contributed by atoms with Crippen LogP contribution in [-0.4, -0.2) is 19.5 Å². The molecular formula is C5H11BN. The first-order chi connectivity index (χ1) is 3.31. The van der Waals surface area contributed by atoms with Gasteiger partial charge in [-0.1, -0.05) is 0 Å². The third-order valence-corrected chi connectivity index (χ3v) is 0.869. The Labute approximate surface area is 46.0 Å². The Morgan fingerprint density at radius 3 is 2.57 bits per heavy atom. The van der Waals surface area contributed by atoms with Crippen LogP contribution in [-0.2, 0) is 0 Å². The summed E-state index contributed by atoms with van der Waals surface area (Å²) in [5.74, 6) is 1.53. The Morgan fingerprint density at radius 2 is 2.43 bits per heavy atom. The van der Waals surface area contributed by atoms with Crippen molar-refractivity contribution in [3.8, 4) is 0 Å². The van der Waals surface area contributed by atoms with Crippen LogP contribution in [0.2, 0.25) is 0 Å². The van der Waals surface area contributed by atoms with E-state index < -0.39 is 0 Å². The molecule has 1 radical (unpaired) electrons. The molecule has 0 rings (SSSR count). The van der Waals surface area contributed by atoms with Gasteiger partial charge in [0, 0.05) is 0 Å². The number of hydrogen-bond acceptors (Lipinski definition) is 1. The molecule has 0 aliphatic heterocycles. The summed E-state index contributed by atoms with van der Waals surface area (Å²) in [4.78, 5) is 0. The molecule has 0 aliphatic carbocycles. The molecule has 0 heterocycles. The van der Waals surface area contributed by atoms with E-state index in [4.69, 9.17) is 13.2 Å². The van der Waals surface area contributed by atoms with Gasteiger partial charge >= 0.3 is 45.0 Å². The third-order valence-electron chi connectivity index (χ3n) is 0.869. The zero-order valence-electron chi connectivity index (χ0n) is 4.72. The summed E-state index contributed by atoms with van der Waals surface area (Å²) in [5, 5.41) is 0. The fourth-order valence-corrected chi connectivity index (χ4v) is 0.430. The molecule has 1 atom stereocenters. The molecule has 7 heavy (non-hydrogen) atoms.